The Labute approximate surface area is 196 Å². The standard InChI is InChI=1S/C31H29Cl/c1-30(2,3)22-13-11-21(12-14-22)25-18-17-24(20-9-7-6-8-10-20)28-26-16-15-23(32)19-27(26)31(4,5)29(25)28/h6-19H,1-5H3. The Bertz CT molecular complexity index is 1300. The lowest BCUT2D eigenvalue weighted by atomic mass is 9.77. The molecule has 0 heterocycles. The fourth-order valence-corrected chi connectivity index (χ4v) is 5.34. The van der Waals surface area contributed by atoms with Crippen LogP contribution in [0.25, 0.3) is 33.4 Å². The molecule has 160 valence electrons. The van der Waals surface area contributed by atoms with Gasteiger partial charge in [-0.2, -0.15) is 0 Å². The first kappa shape index (κ1) is 21.0. The van der Waals surface area contributed by atoms with Crippen LogP contribution in [0.15, 0.2) is 84.9 Å². The molecule has 1 heteroatoms. The Balaban J connectivity index is 1.80. The molecule has 0 aliphatic heterocycles. The van der Waals surface area contributed by atoms with Gasteiger partial charge in [-0.25, -0.2) is 0 Å². The van der Waals surface area contributed by atoms with E-state index in [1.807, 2.05) is 6.07 Å². The maximum absolute atomic E-state index is 6.47. The van der Waals surface area contributed by atoms with Crippen LogP contribution in [-0.4, -0.2) is 0 Å². The summed E-state index contributed by atoms with van der Waals surface area (Å²) >= 11 is 6.47. The first-order valence-corrected chi connectivity index (χ1v) is 11.7. The second kappa shape index (κ2) is 7.36. The van der Waals surface area contributed by atoms with E-state index in [1.54, 1.807) is 0 Å². The van der Waals surface area contributed by atoms with Crippen LogP contribution in [0, 0.1) is 0 Å². The fraction of sp³-hybridized carbons (Fsp3) is 0.226. The van der Waals surface area contributed by atoms with E-state index < -0.39 is 0 Å². The molecular weight excluding hydrogens is 408 g/mol. The topological polar surface area (TPSA) is 0 Å². The zero-order chi connectivity index (χ0) is 22.7. The van der Waals surface area contributed by atoms with Crippen molar-refractivity contribution in [1.82, 2.24) is 0 Å². The molecule has 0 amide bonds. The summed E-state index contributed by atoms with van der Waals surface area (Å²) in [5.41, 5.74) is 11.8. The highest BCUT2D eigenvalue weighted by Crippen LogP contribution is 2.55. The molecule has 0 saturated heterocycles. The van der Waals surface area contributed by atoms with E-state index in [9.17, 15) is 0 Å². The molecule has 0 aromatic heterocycles. The van der Waals surface area contributed by atoms with Gasteiger partial charge >= 0.3 is 0 Å². The predicted molar refractivity (Wildman–Crippen MR) is 139 cm³/mol. The molecule has 0 saturated carbocycles. The van der Waals surface area contributed by atoms with Gasteiger partial charge in [-0.3, -0.25) is 0 Å². The van der Waals surface area contributed by atoms with Crippen molar-refractivity contribution in [3.05, 3.63) is 107 Å². The summed E-state index contributed by atoms with van der Waals surface area (Å²) < 4.78 is 0. The number of benzene rings is 4. The average Bonchev–Trinajstić information content (AvgIpc) is 3.00. The Kier molecular flexibility index (Phi) is 4.84. The van der Waals surface area contributed by atoms with Gasteiger partial charge in [0.05, 0.1) is 0 Å². The lowest BCUT2D eigenvalue weighted by molar-refractivity contribution is 0.590. The van der Waals surface area contributed by atoms with Gasteiger partial charge in [0, 0.05) is 10.4 Å². The molecule has 32 heavy (non-hydrogen) atoms. The quantitative estimate of drug-likeness (QED) is 0.293. The molecule has 4 aromatic rings. The summed E-state index contributed by atoms with van der Waals surface area (Å²) in [5, 5.41) is 0.793. The summed E-state index contributed by atoms with van der Waals surface area (Å²) in [6, 6.07) is 30.8. The first-order chi connectivity index (χ1) is 15.2. The van der Waals surface area contributed by atoms with E-state index in [-0.39, 0.29) is 10.8 Å². The van der Waals surface area contributed by atoms with Crippen LogP contribution in [0.5, 0.6) is 0 Å². The minimum absolute atomic E-state index is 0.140. The van der Waals surface area contributed by atoms with E-state index in [1.165, 1.54) is 50.1 Å². The molecule has 0 bridgehead atoms. The molecule has 0 radical (unpaired) electrons. The van der Waals surface area contributed by atoms with E-state index in [0.717, 1.165) is 5.02 Å². The molecule has 0 spiro atoms. The van der Waals surface area contributed by atoms with Crippen LogP contribution in [-0.2, 0) is 10.8 Å². The summed E-state index contributed by atoms with van der Waals surface area (Å²) in [6.45, 7) is 11.4. The SMILES string of the molecule is CC(C)(C)c1ccc(-c2ccc(-c3ccccc3)c3c2C(C)(C)c2cc(Cl)ccc2-3)cc1. The van der Waals surface area contributed by atoms with Gasteiger partial charge in [0.2, 0.25) is 0 Å². The van der Waals surface area contributed by atoms with Crippen molar-refractivity contribution >= 4 is 11.6 Å². The zero-order valence-corrected chi connectivity index (χ0v) is 20.2. The molecule has 0 unspecified atom stereocenters. The Morgan fingerprint density at radius 1 is 0.656 bits per heavy atom. The van der Waals surface area contributed by atoms with Crippen molar-refractivity contribution in [1.29, 1.82) is 0 Å². The second-order valence-corrected chi connectivity index (χ2v) is 10.9. The fourth-order valence-electron chi connectivity index (χ4n) is 5.17. The number of hydrogen-bond acceptors (Lipinski definition) is 0. The first-order valence-electron chi connectivity index (χ1n) is 11.3. The van der Waals surface area contributed by atoms with Crippen molar-refractivity contribution in [3.63, 3.8) is 0 Å². The number of fused-ring (bicyclic) bond motifs is 3. The van der Waals surface area contributed by atoms with Crippen molar-refractivity contribution in [2.75, 3.05) is 0 Å². The lowest BCUT2D eigenvalue weighted by Gasteiger charge is -2.26. The molecule has 4 aromatic carbocycles. The van der Waals surface area contributed by atoms with E-state index in [2.05, 4.69) is 113 Å². The molecule has 0 nitrogen and oxygen atoms in total. The van der Waals surface area contributed by atoms with Gasteiger partial charge in [0.25, 0.3) is 0 Å². The zero-order valence-electron chi connectivity index (χ0n) is 19.5. The summed E-state index contributed by atoms with van der Waals surface area (Å²) in [5.74, 6) is 0. The highest BCUT2D eigenvalue weighted by atomic mass is 35.5. The Morgan fingerprint density at radius 2 is 1.25 bits per heavy atom. The Morgan fingerprint density at radius 3 is 1.91 bits per heavy atom. The molecule has 0 fully saturated rings. The third-order valence-electron chi connectivity index (χ3n) is 6.90. The summed E-state index contributed by atoms with van der Waals surface area (Å²) in [4.78, 5) is 0. The maximum Gasteiger partial charge on any atom is 0.0409 e. The molecule has 5 rings (SSSR count). The predicted octanol–water partition coefficient (Wildman–Crippen LogP) is 9.28. The average molecular weight is 437 g/mol. The third-order valence-corrected chi connectivity index (χ3v) is 7.14. The van der Waals surface area contributed by atoms with Crippen LogP contribution < -0.4 is 0 Å². The van der Waals surface area contributed by atoms with Gasteiger partial charge in [0.15, 0.2) is 0 Å². The van der Waals surface area contributed by atoms with Crippen molar-refractivity contribution in [2.45, 2.75) is 45.4 Å². The molecule has 1 aliphatic rings. The van der Waals surface area contributed by atoms with Gasteiger partial charge in [-0.05, 0) is 67.6 Å². The number of rotatable bonds is 2. The highest BCUT2D eigenvalue weighted by molar-refractivity contribution is 6.30. The van der Waals surface area contributed by atoms with E-state index in [4.69, 9.17) is 11.6 Å². The van der Waals surface area contributed by atoms with Crippen LogP contribution in [0.2, 0.25) is 5.02 Å². The minimum atomic E-state index is -0.140. The van der Waals surface area contributed by atoms with Crippen molar-refractivity contribution < 1.29 is 0 Å². The Hall–Kier alpha value is -2.83. The monoisotopic (exact) mass is 436 g/mol. The molecule has 1 aliphatic carbocycles. The largest absolute Gasteiger partial charge is 0.0843 e. The normalized spacial score (nSPS) is 14.2. The minimum Gasteiger partial charge on any atom is -0.0843 e. The highest BCUT2D eigenvalue weighted by Gasteiger charge is 2.39. The summed E-state index contributed by atoms with van der Waals surface area (Å²) in [6.07, 6.45) is 0. The molecule has 0 N–H and O–H groups in total. The van der Waals surface area contributed by atoms with Crippen molar-refractivity contribution in [3.8, 4) is 33.4 Å². The van der Waals surface area contributed by atoms with Crippen LogP contribution in [0.4, 0.5) is 0 Å². The maximum atomic E-state index is 6.47. The van der Waals surface area contributed by atoms with Gasteiger partial charge in [-0.1, -0.05) is 119 Å². The third kappa shape index (κ3) is 3.29. The van der Waals surface area contributed by atoms with Crippen LogP contribution in [0.3, 0.4) is 0 Å². The van der Waals surface area contributed by atoms with Gasteiger partial charge in [-0.15, -0.1) is 0 Å². The lowest BCUT2D eigenvalue weighted by Crippen LogP contribution is -2.16. The smallest absolute Gasteiger partial charge is 0.0409 e. The van der Waals surface area contributed by atoms with Gasteiger partial charge in [0.1, 0.15) is 0 Å². The number of halogens is 1. The van der Waals surface area contributed by atoms with Crippen LogP contribution >= 0.6 is 11.6 Å². The van der Waals surface area contributed by atoms with Gasteiger partial charge < -0.3 is 0 Å². The van der Waals surface area contributed by atoms with Crippen LogP contribution in [0.1, 0.15) is 51.3 Å². The van der Waals surface area contributed by atoms with E-state index in [0.29, 0.717) is 0 Å². The second-order valence-electron chi connectivity index (χ2n) is 10.4. The molecule has 0 atom stereocenters. The summed E-state index contributed by atoms with van der Waals surface area (Å²) in [7, 11) is 0. The molecular formula is C31H29Cl. The van der Waals surface area contributed by atoms with Crippen molar-refractivity contribution in [2.24, 2.45) is 0 Å². The van der Waals surface area contributed by atoms with E-state index >= 15 is 0 Å². The number of hydrogen-bond donors (Lipinski definition) is 0.